The van der Waals surface area contributed by atoms with E-state index < -0.39 is 0 Å². The number of hydrogen-bond acceptors (Lipinski definition) is 4. The highest BCUT2D eigenvalue weighted by atomic mass is 15.0. The monoisotopic (exact) mass is 601 g/mol. The molecule has 9 aromatic rings. The summed E-state index contributed by atoms with van der Waals surface area (Å²) >= 11 is 0. The van der Waals surface area contributed by atoms with Crippen molar-refractivity contribution in [1.29, 1.82) is 0 Å². The fourth-order valence-corrected chi connectivity index (χ4v) is 6.47. The fourth-order valence-electron chi connectivity index (χ4n) is 6.47. The zero-order valence-corrected chi connectivity index (χ0v) is 25.3. The molecule has 0 aliphatic rings. The van der Waals surface area contributed by atoms with E-state index in [2.05, 4.69) is 118 Å². The van der Waals surface area contributed by atoms with Gasteiger partial charge in [-0.25, -0.2) is 0 Å². The molecule has 5 nitrogen and oxygen atoms in total. The number of aromatic nitrogens is 5. The summed E-state index contributed by atoms with van der Waals surface area (Å²) in [5, 5.41) is 4.83. The summed E-state index contributed by atoms with van der Waals surface area (Å²) in [6.45, 7) is 0. The van der Waals surface area contributed by atoms with Crippen molar-refractivity contribution in [2.24, 2.45) is 0 Å². The first kappa shape index (κ1) is 26.9. The summed E-state index contributed by atoms with van der Waals surface area (Å²) in [4.78, 5) is 18.0. The number of pyridine rings is 4. The maximum Gasteiger partial charge on any atom is 0.0717 e. The molecule has 0 saturated carbocycles. The van der Waals surface area contributed by atoms with Crippen LogP contribution in [0, 0.1) is 0 Å². The van der Waals surface area contributed by atoms with Gasteiger partial charge in [0.1, 0.15) is 0 Å². The average molecular weight is 602 g/mol. The van der Waals surface area contributed by atoms with Crippen molar-refractivity contribution >= 4 is 32.6 Å². The van der Waals surface area contributed by atoms with Crippen molar-refractivity contribution in [3.8, 4) is 50.5 Å². The minimum atomic E-state index is 0.906. The maximum atomic E-state index is 4.78. The third kappa shape index (κ3) is 4.82. The molecule has 0 spiro atoms. The molecule has 4 aromatic carbocycles. The Morgan fingerprint density at radius 3 is 1.45 bits per heavy atom. The Hall–Kier alpha value is -6.46. The summed E-state index contributed by atoms with van der Waals surface area (Å²) in [5.74, 6) is 0. The van der Waals surface area contributed by atoms with Gasteiger partial charge in [0, 0.05) is 75.9 Å². The predicted octanol–water partition coefficient (Wildman–Crippen LogP) is 10.2. The average Bonchev–Trinajstić information content (AvgIpc) is 3.48. The molecule has 220 valence electrons. The van der Waals surface area contributed by atoms with Gasteiger partial charge >= 0.3 is 0 Å². The molecule has 0 bridgehead atoms. The van der Waals surface area contributed by atoms with E-state index in [-0.39, 0.29) is 0 Å². The van der Waals surface area contributed by atoms with Crippen LogP contribution in [0.15, 0.2) is 165 Å². The number of benzene rings is 4. The molecule has 0 saturated heterocycles. The van der Waals surface area contributed by atoms with Gasteiger partial charge in [0.15, 0.2) is 0 Å². The van der Waals surface area contributed by atoms with E-state index in [1.165, 1.54) is 21.5 Å². The first-order valence-corrected chi connectivity index (χ1v) is 15.6. The van der Waals surface area contributed by atoms with Gasteiger partial charge in [0.05, 0.1) is 22.4 Å². The quantitative estimate of drug-likeness (QED) is 0.197. The van der Waals surface area contributed by atoms with Gasteiger partial charge < -0.3 is 4.57 Å². The molecule has 0 fully saturated rings. The van der Waals surface area contributed by atoms with Crippen LogP contribution >= 0.6 is 0 Å². The van der Waals surface area contributed by atoms with Crippen LogP contribution in [-0.4, -0.2) is 24.5 Å². The maximum absolute atomic E-state index is 4.78. The van der Waals surface area contributed by atoms with Gasteiger partial charge in [-0.05, 0) is 82.6 Å². The van der Waals surface area contributed by atoms with E-state index in [9.17, 15) is 0 Å². The molecule has 0 radical (unpaired) electrons. The zero-order chi connectivity index (χ0) is 31.2. The van der Waals surface area contributed by atoms with Crippen LogP contribution in [0.25, 0.3) is 83.0 Å². The first-order valence-electron chi connectivity index (χ1n) is 15.6. The van der Waals surface area contributed by atoms with E-state index in [4.69, 9.17) is 9.97 Å². The van der Waals surface area contributed by atoms with Crippen LogP contribution in [0.5, 0.6) is 0 Å². The molecule has 0 atom stereocenters. The van der Waals surface area contributed by atoms with Gasteiger partial charge in [-0.15, -0.1) is 0 Å². The van der Waals surface area contributed by atoms with Crippen molar-refractivity contribution in [3.63, 3.8) is 0 Å². The molecule has 5 heteroatoms. The summed E-state index contributed by atoms with van der Waals surface area (Å²) in [6, 6.07) is 45.0. The van der Waals surface area contributed by atoms with E-state index in [0.717, 1.165) is 61.5 Å². The largest absolute Gasteiger partial charge is 0.309 e. The second-order valence-corrected chi connectivity index (χ2v) is 11.7. The number of hydrogen-bond donors (Lipinski definition) is 0. The number of nitrogens with zero attached hydrogens (tertiary/aromatic N) is 5. The Morgan fingerprint density at radius 2 is 0.936 bits per heavy atom. The van der Waals surface area contributed by atoms with Gasteiger partial charge in [-0.3, -0.25) is 19.9 Å². The first-order chi connectivity index (χ1) is 23.3. The van der Waals surface area contributed by atoms with Crippen LogP contribution in [0.3, 0.4) is 0 Å². The third-order valence-electron chi connectivity index (χ3n) is 8.87. The lowest BCUT2D eigenvalue weighted by Crippen LogP contribution is -1.95. The molecule has 0 amide bonds. The number of rotatable bonds is 5. The highest BCUT2D eigenvalue weighted by Gasteiger charge is 2.16. The minimum absolute atomic E-state index is 0.906. The Labute approximate surface area is 271 Å². The lowest BCUT2D eigenvalue weighted by Gasteiger charge is -2.11. The van der Waals surface area contributed by atoms with Gasteiger partial charge in [-0.2, -0.15) is 0 Å². The van der Waals surface area contributed by atoms with Crippen molar-refractivity contribution in [3.05, 3.63) is 165 Å². The van der Waals surface area contributed by atoms with E-state index in [0.29, 0.717) is 0 Å². The van der Waals surface area contributed by atoms with Crippen molar-refractivity contribution in [1.82, 2.24) is 24.5 Å². The SMILES string of the molecule is c1cncc(-c2ccc(-c3ccc4c5ccc(-c6ccc(-c7cccnc7)nc6)cc5n(-c5ccc6ccccc6c5)c4c3)cn2)c1. The van der Waals surface area contributed by atoms with Crippen LogP contribution < -0.4 is 0 Å². The minimum Gasteiger partial charge on any atom is -0.309 e. The molecule has 9 rings (SSSR count). The predicted molar refractivity (Wildman–Crippen MR) is 191 cm³/mol. The van der Waals surface area contributed by atoms with E-state index >= 15 is 0 Å². The molecule has 0 aliphatic heterocycles. The normalized spacial score (nSPS) is 11.4. The Kier molecular flexibility index (Phi) is 6.39. The van der Waals surface area contributed by atoms with Crippen LogP contribution in [0.1, 0.15) is 0 Å². The van der Waals surface area contributed by atoms with Gasteiger partial charge in [0.25, 0.3) is 0 Å². The third-order valence-corrected chi connectivity index (χ3v) is 8.87. The Bertz CT molecular complexity index is 2400. The topological polar surface area (TPSA) is 56.5 Å². The van der Waals surface area contributed by atoms with Crippen LogP contribution in [0.4, 0.5) is 0 Å². The second kappa shape index (κ2) is 11.2. The second-order valence-electron chi connectivity index (χ2n) is 11.7. The molecule has 0 aliphatic carbocycles. The van der Waals surface area contributed by atoms with E-state index in [1.807, 2.05) is 49.1 Å². The fraction of sp³-hybridized carbons (Fsp3) is 0. The van der Waals surface area contributed by atoms with Crippen LogP contribution in [-0.2, 0) is 0 Å². The molecular weight excluding hydrogens is 574 g/mol. The highest BCUT2D eigenvalue weighted by molar-refractivity contribution is 6.11. The van der Waals surface area contributed by atoms with Crippen molar-refractivity contribution in [2.45, 2.75) is 0 Å². The number of fused-ring (bicyclic) bond motifs is 4. The molecule has 0 N–H and O–H groups in total. The van der Waals surface area contributed by atoms with Crippen molar-refractivity contribution < 1.29 is 0 Å². The summed E-state index contributed by atoms with van der Waals surface area (Å²) in [6.07, 6.45) is 11.1. The molecular formula is C42H27N5. The lowest BCUT2D eigenvalue weighted by atomic mass is 10.0. The summed E-state index contributed by atoms with van der Waals surface area (Å²) in [7, 11) is 0. The van der Waals surface area contributed by atoms with Gasteiger partial charge in [0.2, 0.25) is 0 Å². The molecule has 5 aromatic heterocycles. The van der Waals surface area contributed by atoms with Crippen LogP contribution in [0.2, 0.25) is 0 Å². The Balaban J connectivity index is 1.20. The van der Waals surface area contributed by atoms with Crippen molar-refractivity contribution in [2.75, 3.05) is 0 Å². The standard InChI is InChI=1S/C42H27N5/c1-2-6-29-21-36(14-9-28(29)5-1)47-41-22-30(32-12-17-39(45-26-32)34-7-3-19-43-24-34)10-15-37(41)38-16-11-31(23-42(38)47)33-13-18-40(46-27-33)35-8-4-20-44-25-35/h1-27H. The molecule has 47 heavy (non-hydrogen) atoms. The highest BCUT2D eigenvalue weighted by Crippen LogP contribution is 2.38. The summed E-state index contributed by atoms with van der Waals surface area (Å²) in [5.41, 5.74) is 11.6. The van der Waals surface area contributed by atoms with Gasteiger partial charge in [-0.1, -0.05) is 66.7 Å². The molecule has 0 unspecified atom stereocenters. The Morgan fingerprint density at radius 1 is 0.383 bits per heavy atom. The smallest absolute Gasteiger partial charge is 0.0717 e. The zero-order valence-electron chi connectivity index (χ0n) is 25.3. The lowest BCUT2D eigenvalue weighted by molar-refractivity contribution is 1.19. The van der Waals surface area contributed by atoms with E-state index in [1.54, 1.807) is 12.4 Å². The molecule has 5 heterocycles. The summed E-state index contributed by atoms with van der Waals surface area (Å²) < 4.78 is 2.39.